The van der Waals surface area contributed by atoms with E-state index in [1.54, 1.807) is 23.5 Å². The van der Waals surface area contributed by atoms with Crippen molar-refractivity contribution < 1.29 is 13.9 Å². The Morgan fingerprint density at radius 3 is 2.73 bits per heavy atom. The molecular weight excluding hydrogens is 454 g/mol. The van der Waals surface area contributed by atoms with E-state index in [0.29, 0.717) is 23.1 Å². The fourth-order valence-corrected chi connectivity index (χ4v) is 5.27. The minimum Gasteiger partial charge on any atom is -0.494 e. The Labute approximate surface area is 199 Å². The van der Waals surface area contributed by atoms with Gasteiger partial charge in [-0.1, -0.05) is 6.07 Å². The summed E-state index contributed by atoms with van der Waals surface area (Å²) in [6.45, 7) is 6.47. The second kappa shape index (κ2) is 9.94. The fraction of sp³-hybridized carbons (Fsp3) is 0.160. The van der Waals surface area contributed by atoms with E-state index < -0.39 is 5.91 Å². The number of fused-ring (bicyclic) bond motifs is 1. The van der Waals surface area contributed by atoms with Gasteiger partial charge in [0.1, 0.15) is 23.2 Å². The molecule has 0 radical (unpaired) electrons. The van der Waals surface area contributed by atoms with Gasteiger partial charge in [0, 0.05) is 11.8 Å². The van der Waals surface area contributed by atoms with Crippen molar-refractivity contribution in [2.45, 2.75) is 30.2 Å². The van der Waals surface area contributed by atoms with Gasteiger partial charge in [0.25, 0.3) is 5.91 Å². The van der Waals surface area contributed by atoms with Crippen molar-refractivity contribution in [2.75, 3.05) is 11.9 Å². The van der Waals surface area contributed by atoms with Crippen molar-refractivity contribution >= 4 is 51.0 Å². The standard InChI is InChI=1S/C25H21N3O3S2/c1-4-30-19-5-7-21-22(13-19)32-25(28-21)33-23-8-6-20(31-23)12-17(14-26)24(29)27-18-10-15(2)9-16(3)11-18/h5-13H,4H2,1-3H3,(H,27,29)/b17-12+. The second-order valence-corrected chi connectivity index (χ2v) is 9.58. The average molecular weight is 476 g/mol. The SMILES string of the molecule is CCOc1ccc2nc(Sc3ccc(/C=C(\C#N)C(=O)Nc4cc(C)cc(C)c4)o3)sc2c1. The summed E-state index contributed by atoms with van der Waals surface area (Å²) in [6.07, 6.45) is 1.44. The first-order chi connectivity index (χ1) is 15.9. The van der Waals surface area contributed by atoms with Gasteiger partial charge in [-0.15, -0.1) is 11.3 Å². The van der Waals surface area contributed by atoms with Gasteiger partial charge in [-0.2, -0.15) is 5.26 Å². The maximum atomic E-state index is 12.6. The van der Waals surface area contributed by atoms with E-state index in [-0.39, 0.29) is 5.57 Å². The quantitative estimate of drug-likeness (QED) is 0.239. The van der Waals surface area contributed by atoms with Crippen LogP contribution in [0.25, 0.3) is 16.3 Å². The monoisotopic (exact) mass is 475 g/mol. The fourth-order valence-electron chi connectivity index (χ4n) is 3.27. The Balaban J connectivity index is 1.48. The number of hydrogen-bond acceptors (Lipinski definition) is 7. The van der Waals surface area contributed by atoms with Gasteiger partial charge >= 0.3 is 0 Å². The van der Waals surface area contributed by atoms with Crippen LogP contribution in [0.2, 0.25) is 0 Å². The molecule has 0 saturated carbocycles. The van der Waals surface area contributed by atoms with Gasteiger partial charge in [-0.3, -0.25) is 4.79 Å². The number of aryl methyl sites for hydroxylation is 2. The molecule has 2 aromatic heterocycles. The minimum atomic E-state index is -0.482. The van der Waals surface area contributed by atoms with Crippen LogP contribution >= 0.6 is 23.1 Å². The van der Waals surface area contributed by atoms with Gasteiger partial charge in [0.15, 0.2) is 9.43 Å². The number of ether oxygens (including phenoxy) is 1. The molecule has 0 fully saturated rings. The molecule has 33 heavy (non-hydrogen) atoms. The Kier molecular flexibility index (Phi) is 6.82. The molecule has 1 N–H and O–H groups in total. The zero-order valence-electron chi connectivity index (χ0n) is 18.3. The average Bonchev–Trinajstić information content (AvgIpc) is 3.37. The molecule has 166 valence electrons. The predicted molar refractivity (Wildman–Crippen MR) is 132 cm³/mol. The highest BCUT2D eigenvalue weighted by molar-refractivity contribution is 8.01. The molecule has 0 saturated heterocycles. The number of aromatic nitrogens is 1. The molecule has 1 amide bonds. The first-order valence-electron chi connectivity index (χ1n) is 10.3. The Hall–Kier alpha value is -3.54. The summed E-state index contributed by atoms with van der Waals surface area (Å²) in [7, 11) is 0. The number of furan rings is 1. The predicted octanol–water partition coefficient (Wildman–Crippen LogP) is 6.60. The van der Waals surface area contributed by atoms with Crippen molar-refractivity contribution in [1.82, 2.24) is 4.98 Å². The van der Waals surface area contributed by atoms with Gasteiger partial charge in [-0.25, -0.2) is 4.98 Å². The van der Waals surface area contributed by atoms with E-state index in [1.807, 2.05) is 63.2 Å². The van der Waals surface area contributed by atoms with E-state index in [9.17, 15) is 10.1 Å². The molecule has 6 nitrogen and oxygen atoms in total. The molecule has 0 atom stereocenters. The largest absolute Gasteiger partial charge is 0.494 e. The molecule has 2 aromatic carbocycles. The highest BCUT2D eigenvalue weighted by atomic mass is 32.2. The zero-order valence-corrected chi connectivity index (χ0v) is 20.0. The number of thiazole rings is 1. The van der Waals surface area contributed by atoms with Gasteiger partial charge in [-0.05, 0) is 86.1 Å². The topological polar surface area (TPSA) is 88.1 Å². The lowest BCUT2D eigenvalue weighted by molar-refractivity contribution is -0.112. The summed E-state index contributed by atoms with van der Waals surface area (Å²) >= 11 is 2.94. The van der Waals surface area contributed by atoms with Crippen LogP contribution in [0.3, 0.4) is 0 Å². The Morgan fingerprint density at radius 2 is 2.00 bits per heavy atom. The normalized spacial score (nSPS) is 11.4. The second-order valence-electron chi connectivity index (χ2n) is 7.30. The third-order valence-corrected chi connectivity index (χ3v) is 6.57. The number of nitriles is 1. The lowest BCUT2D eigenvalue weighted by Crippen LogP contribution is -2.13. The third kappa shape index (κ3) is 5.64. The van der Waals surface area contributed by atoms with Crippen molar-refractivity contribution in [3.63, 3.8) is 0 Å². The van der Waals surface area contributed by atoms with Crippen LogP contribution in [-0.2, 0) is 4.79 Å². The molecule has 2 heterocycles. The maximum Gasteiger partial charge on any atom is 0.266 e. The van der Waals surface area contributed by atoms with Crippen molar-refractivity contribution in [3.8, 4) is 11.8 Å². The molecule has 0 bridgehead atoms. The molecule has 0 spiro atoms. The van der Waals surface area contributed by atoms with E-state index in [1.165, 1.54) is 17.8 Å². The minimum absolute atomic E-state index is 0.0384. The van der Waals surface area contributed by atoms with Gasteiger partial charge < -0.3 is 14.5 Å². The van der Waals surface area contributed by atoms with Crippen LogP contribution in [-0.4, -0.2) is 17.5 Å². The van der Waals surface area contributed by atoms with Crippen LogP contribution in [0.5, 0.6) is 5.75 Å². The highest BCUT2D eigenvalue weighted by Gasteiger charge is 2.13. The summed E-state index contributed by atoms with van der Waals surface area (Å²) in [5.74, 6) is 0.757. The summed E-state index contributed by atoms with van der Waals surface area (Å²) in [5.41, 5.74) is 3.57. The van der Waals surface area contributed by atoms with Crippen LogP contribution < -0.4 is 10.1 Å². The molecule has 4 aromatic rings. The molecule has 0 aliphatic heterocycles. The van der Waals surface area contributed by atoms with Crippen LogP contribution in [0.15, 0.2) is 68.0 Å². The number of anilines is 1. The van der Waals surface area contributed by atoms with E-state index in [2.05, 4.69) is 10.3 Å². The Bertz CT molecular complexity index is 1380. The molecule has 0 aliphatic rings. The number of amides is 1. The number of benzene rings is 2. The number of carbonyl (C=O) groups is 1. The van der Waals surface area contributed by atoms with Crippen molar-refractivity contribution in [1.29, 1.82) is 5.26 Å². The lowest BCUT2D eigenvalue weighted by Gasteiger charge is -2.06. The number of rotatable bonds is 7. The van der Waals surface area contributed by atoms with Crippen molar-refractivity contribution in [3.05, 3.63) is 71.0 Å². The lowest BCUT2D eigenvalue weighted by atomic mass is 10.1. The van der Waals surface area contributed by atoms with Crippen LogP contribution in [0.4, 0.5) is 5.69 Å². The molecule has 0 unspecified atom stereocenters. The van der Waals surface area contributed by atoms with Gasteiger partial charge in [0.2, 0.25) is 0 Å². The molecule has 0 aliphatic carbocycles. The van der Waals surface area contributed by atoms with Crippen molar-refractivity contribution in [2.24, 2.45) is 0 Å². The number of nitrogens with zero attached hydrogens (tertiary/aromatic N) is 2. The summed E-state index contributed by atoms with van der Waals surface area (Å²) in [6, 6.07) is 17.0. The van der Waals surface area contributed by atoms with E-state index >= 15 is 0 Å². The van der Waals surface area contributed by atoms with E-state index in [0.717, 1.165) is 31.4 Å². The van der Waals surface area contributed by atoms with E-state index in [4.69, 9.17) is 9.15 Å². The number of nitrogens with one attached hydrogen (secondary N) is 1. The first-order valence-corrected chi connectivity index (χ1v) is 11.9. The molecule has 8 heteroatoms. The summed E-state index contributed by atoms with van der Waals surface area (Å²) in [4.78, 5) is 17.2. The zero-order chi connectivity index (χ0) is 23.4. The first kappa shape index (κ1) is 22.6. The van der Waals surface area contributed by atoms with Crippen LogP contribution in [0, 0.1) is 25.2 Å². The molecule has 4 rings (SSSR count). The maximum absolute atomic E-state index is 12.6. The van der Waals surface area contributed by atoms with Gasteiger partial charge in [0.05, 0.1) is 16.8 Å². The third-order valence-electron chi connectivity index (χ3n) is 4.57. The summed E-state index contributed by atoms with van der Waals surface area (Å²) < 4.78 is 13.2. The van der Waals surface area contributed by atoms with Crippen LogP contribution in [0.1, 0.15) is 23.8 Å². The highest BCUT2D eigenvalue weighted by Crippen LogP contribution is 2.36. The number of carbonyl (C=O) groups excluding carboxylic acids is 1. The Morgan fingerprint density at radius 1 is 1.21 bits per heavy atom. The number of hydrogen-bond donors (Lipinski definition) is 1. The molecular formula is C25H21N3O3S2. The smallest absolute Gasteiger partial charge is 0.266 e. The summed E-state index contributed by atoms with van der Waals surface area (Å²) in [5, 5.41) is 12.9.